The Labute approximate surface area is 123 Å². The molecule has 0 unspecified atom stereocenters. The molecule has 1 aromatic carbocycles. The number of carbonyl (C=O) groups is 1. The van der Waals surface area contributed by atoms with E-state index in [2.05, 4.69) is 5.01 Å². The van der Waals surface area contributed by atoms with Crippen molar-refractivity contribution in [3.8, 4) is 0 Å². The van der Waals surface area contributed by atoms with Crippen LogP contribution >= 0.6 is 11.6 Å². The van der Waals surface area contributed by atoms with Crippen LogP contribution in [0.25, 0.3) is 0 Å². The summed E-state index contributed by atoms with van der Waals surface area (Å²) in [6.45, 7) is 3.50. The van der Waals surface area contributed by atoms with Crippen LogP contribution in [0.1, 0.15) is 31.4 Å². The summed E-state index contributed by atoms with van der Waals surface area (Å²) in [6, 6.07) is 6.47. The minimum atomic E-state index is -0.479. The molecule has 2 saturated heterocycles. The monoisotopic (exact) mass is 296 g/mol. The molecule has 0 spiro atoms. The van der Waals surface area contributed by atoms with E-state index >= 15 is 0 Å². The van der Waals surface area contributed by atoms with Gasteiger partial charge in [0.05, 0.1) is 11.5 Å². The van der Waals surface area contributed by atoms with Crippen molar-refractivity contribution in [2.75, 3.05) is 19.0 Å². The summed E-state index contributed by atoms with van der Waals surface area (Å²) in [7, 11) is 0. The lowest BCUT2D eigenvalue weighted by Gasteiger charge is -2.27. The number of nitrogens with zero attached hydrogens (tertiary/aromatic N) is 2. The summed E-state index contributed by atoms with van der Waals surface area (Å²) in [5.74, 6) is 0.166. The van der Waals surface area contributed by atoms with Gasteiger partial charge >= 0.3 is 0 Å². The Bertz CT molecular complexity index is 532. The molecule has 2 aliphatic rings. The Morgan fingerprint density at radius 3 is 2.95 bits per heavy atom. The van der Waals surface area contributed by atoms with E-state index in [-0.39, 0.29) is 17.8 Å². The fourth-order valence-electron chi connectivity index (χ4n) is 3.26. The van der Waals surface area contributed by atoms with Gasteiger partial charge in [-0.05, 0) is 30.5 Å². The second-order valence-electron chi connectivity index (χ2n) is 5.66. The predicted octanol–water partition coefficient (Wildman–Crippen LogP) is 2.96. The fourth-order valence-corrected chi connectivity index (χ4v) is 3.65. The summed E-state index contributed by atoms with van der Waals surface area (Å²) in [5.41, 5.74) is 0.385. The standard InChI is InChI=1S/C15H18ClFN2O/c1-2-15(9-16)10-18-7-6-13(19(18)14(15)20)11-4-3-5-12(17)8-11/h3-5,8,13H,2,6-7,9-10H2,1H3/t13-,15+/m1/s1. The number of carbonyl (C=O) groups excluding carboxylic acids is 1. The molecule has 20 heavy (non-hydrogen) atoms. The largest absolute Gasteiger partial charge is 0.273 e. The average Bonchev–Trinajstić information content (AvgIpc) is 2.98. The molecule has 0 aliphatic carbocycles. The number of alkyl halides is 1. The Morgan fingerprint density at radius 1 is 1.50 bits per heavy atom. The molecule has 2 fully saturated rings. The van der Waals surface area contributed by atoms with Crippen LogP contribution in [-0.4, -0.2) is 34.9 Å². The smallest absolute Gasteiger partial charge is 0.246 e. The first-order chi connectivity index (χ1) is 9.61. The van der Waals surface area contributed by atoms with Gasteiger partial charge in [-0.15, -0.1) is 11.6 Å². The van der Waals surface area contributed by atoms with Gasteiger partial charge in [-0.3, -0.25) is 9.80 Å². The number of benzene rings is 1. The summed E-state index contributed by atoms with van der Waals surface area (Å²) in [4.78, 5) is 12.7. The molecule has 5 heteroatoms. The highest BCUT2D eigenvalue weighted by molar-refractivity contribution is 6.20. The molecule has 0 N–H and O–H groups in total. The van der Waals surface area contributed by atoms with Gasteiger partial charge in [0.25, 0.3) is 0 Å². The Balaban J connectivity index is 1.92. The number of fused-ring (bicyclic) bond motifs is 1. The third-order valence-electron chi connectivity index (χ3n) is 4.57. The van der Waals surface area contributed by atoms with Crippen molar-refractivity contribution in [1.82, 2.24) is 10.0 Å². The Kier molecular flexibility index (Phi) is 3.46. The first-order valence-electron chi connectivity index (χ1n) is 7.01. The van der Waals surface area contributed by atoms with Crippen molar-refractivity contribution in [3.63, 3.8) is 0 Å². The number of halogens is 2. The lowest BCUT2D eigenvalue weighted by Crippen LogP contribution is -2.38. The van der Waals surface area contributed by atoms with Crippen molar-refractivity contribution in [3.05, 3.63) is 35.6 Å². The Morgan fingerprint density at radius 2 is 2.30 bits per heavy atom. The van der Waals surface area contributed by atoms with E-state index in [1.54, 1.807) is 11.1 Å². The molecule has 0 saturated carbocycles. The third-order valence-corrected chi connectivity index (χ3v) is 5.09. The van der Waals surface area contributed by atoms with Gasteiger partial charge in [0.2, 0.25) is 5.91 Å². The summed E-state index contributed by atoms with van der Waals surface area (Å²) in [6.07, 6.45) is 1.58. The normalized spacial score (nSPS) is 30.1. The van der Waals surface area contributed by atoms with E-state index < -0.39 is 5.41 Å². The second kappa shape index (κ2) is 5.01. The van der Waals surface area contributed by atoms with Crippen LogP contribution < -0.4 is 0 Å². The molecule has 108 valence electrons. The Hall–Kier alpha value is -1.13. The summed E-state index contributed by atoms with van der Waals surface area (Å²) in [5, 5.41) is 3.88. The molecule has 2 heterocycles. The second-order valence-corrected chi connectivity index (χ2v) is 5.93. The quantitative estimate of drug-likeness (QED) is 0.801. The van der Waals surface area contributed by atoms with Crippen molar-refractivity contribution in [2.24, 2.45) is 5.41 Å². The molecular weight excluding hydrogens is 279 g/mol. The molecule has 2 aliphatic heterocycles. The summed E-state index contributed by atoms with van der Waals surface area (Å²) >= 11 is 6.06. The van der Waals surface area contributed by atoms with Crippen molar-refractivity contribution in [2.45, 2.75) is 25.8 Å². The lowest BCUT2D eigenvalue weighted by atomic mass is 9.86. The van der Waals surface area contributed by atoms with Crippen molar-refractivity contribution in [1.29, 1.82) is 0 Å². The molecule has 2 atom stereocenters. The fraction of sp³-hybridized carbons (Fsp3) is 0.533. The van der Waals surface area contributed by atoms with E-state index in [4.69, 9.17) is 11.6 Å². The lowest BCUT2D eigenvalue weighted by molar-refractivity contribution is -0.142. The van der Waals surface area contributed by atoms with Crippen LogP contribution in [0.2, 0.25) is 0 Å². The van der Waals surface area contributed by atoms with E-state index in [0.717, 1.165) is 24.9 Å². The van der Waals surface area contributed by atoms with Gasteiger partial charge in [-0.25, -0.2) is 9.40 Å². The van der Waals surface area contributed by atoms with Crippen LogP contribution in [0.5, 0.6) is 0 Å². The predicted molar refractivity (Wildman–Crippen MR) is 75.6 cm³/mol. The molecule has 0 aromatic heterocycles. The van der Waals surface area contributed by atoms with Crippen molar-refractivity contribution < 1.29 is 9.18 Å². The zero-order valence-corrected chi connectivity index (χ0v) is 12.2. The van der Waals surface area contributed by atoms with E-state index in [9.17, 15) is 9.18 Å². The van der Waals surface area contributed by atoms with Gasteiger partial charge in [0.1, 0.15) is 5.82 Å². The first kappa shape index (κ1) is 13.8. The average molecular weight is 297 g/mol. The zero-order chi connectivity index (χ0) is 14.3. The number of hydrogen-bond acceptors (Lipinski definition) is 2. The van der Waals surface area contributed by atoms with Crippen LogP contribution in [0.3, 0.4) is 0 Å². The molecule has 0 radical (unpaired) electrons. The van der Waals surface area contributed by atoms with Crippen LogP contribution in [0, 0.1) is 11.2 Å². The molecular formula is C15H18ClFN2O. The maximum atomic E-state index is 13.4. The van der Waals surface area contributed by atoms with Crippen LogP contribution in [0.4, 0.5) is 4.39 Å². The zero-order valence-electron chi connectivity index (χ0n) is 11.5. The highest BCUT2D eigenvalue weighted by Crippen LogP contribution is 2.44. The third kappa shape index (κ3) is 1.93. The minimum Gasteiger partial charge on any atom is -0.273 e. The molecule has 0 bridgehead atoms. The first-order valence-corrected chi connectivity index (χ1v) is 7.55. The highest BCUT2D eigenvalue weighted by atomic mass is 35.5. The molecule has 1 aromatic rings. The number of hydrazine groups is 1. The molecule has 3 nitrogen and oxygen atoms in total. The maximum absolute atomic E-state index is 13.4. The van der Waals surface area contributed by atoms with Gasteiger partial charge in [0, 0.05) is 19.0 Å². The minimum absolute atomic E-state index is 0.0603. The molecule has 3 rings (SSSR count). The van der Waals surface area contributed by atoms with Gasteiger partial charge in [-0.1, -0.05) is 19.1 Å². The van der Waals surface area contributed by atoms with Gasteiger partial charge in [-0.2, -0.15) is 0 Å². The van der Waals surface area contributed by atoms with Gasteiger partial charge < -0.3 is 0 Å². The number of hydrogen-bond donors (Lipinski definition) is 0. The number of amides is 1. The maximum Gasteiger partial charge on any atom is 0.246 e. The summed E-state index contributed by atoms with van der Waals surface area (Å²) < 4.78 is 13.4. The van der Waals surface area contributed by atoms with Crippen molar-refractivity contribution >= 4 is 17.5 Å². The van der Waals surface area contributed by atoms with E-state index in [1.807, 2.05) is 13.0 Å². The number of rotatable bonds is 3. The molecule has 1 amide bonds. The van der Waals surface area contributed by atoms with Crippen LogP contribution in [-0.2, 0) is 4.79 Å². The highest BCUT2D eigenvalue weighted by Gasteiger charge is 2.53. The van der Waals surface area contributed by atoms with Gasteiger partial charge in [0.15, 0.2) is 0 Å². The van der Waals surface area contributed by atoms with E-state index in [0.29, 0.717) is 12.4 Å². The van der Waals surface area contributed by atoms with E-state index in [1.165, 1.54) is 12.1 Å². The SMILES string of the molecule is CC[C@]1(CCl)CN2CC[C@H](c3cccc(F)c3)N2C1=O. The topological polar surface area (TPSA) is 23.6 Å². The van der Waals surface area contributed by atoms with Crippen LogP contribution in [0.15, 0.2) is 24.3 Å².